The predicted octanol–water partition coefficient (Wildman–Crippen LogP) is 1.89. The number of nitrogens with one attached hydrogen (secondary N) is 1. The van der Waals surface area contributed by atoms with Gasteiger partial charge in [0, 0.05) is 6.04 Å². The number of carbonyl (C=O) groups excluding carboxylic acids is 1. The Labute approximate surface area is 117 Å². The molecule has 4 nitrogen and oxygen atoms in total. The summed E-state index contributed by atoms with van der Waals surface area (Å²) in [5.74, 6) is -0.848. The summed E-state index contributed by atoms with van der Waals surface area (Å²) in [6, 6.07) is 6.04. The zero-order valence-corrected chi connectivity index (χ0v) is 11.2. The summed E-state index contributed by atoms with van der Waals surface area (Å²) in [5.41, 5.74) is 0.0930. The van der Waals surface area contributed by atoms with E-state index in [1.165, 1.54) is 12.1 Å². The van der Waals surface area contributed by atoms with E-state index in [1.807, 2.05) is 0 Å². The lowest BCUT2D eigenvalue weighted by Gasteiger charge is -2.39. The summed E-state index contributed by atoms with van der Waals surface area (Å²) in [4.78, 5) is 12.1. The number of ether oxygens (including phenoxy) is 2. The van der Waals surface area contributed by atoms with Crippen molar-refractivity contribution in [3.05, 3.63) is 35.6 Å². The molecule has 20 heavy (non-hydrogen) atoms. The zero-order valence-electron chi connectivity index (χ0n) is 11.2. The fourth-order valence-corrected chi connectivity index (χ4v) is 2.91. The minimum absolute atomic E-state index is 0.0186. The molecule has 5 heteroatoms. The van der Waals surface area contributed by atoms with Crippen LogP contribution in [0.1, 0.15) is 29.6 Å². The van der Waals surface area contributed by atoms with Crippen LogP contribution in [0, 0.1) is 5.82 Å². The van der Waals surface area contributed by atoms with Crippen LogP contribution in [-0.4, -0.2) is 37.4 Å². The molecule has 2 fully saturated rings. The molecular formula is C15H18FNO3. The van der Waals surface area contributed by atoms with Crippen molar-refractivity contribution in [3.63, 3.8) is 0 Å². The molecule has 3 rings (SSSR count). The van der Waals surface area contributed by atoms with Crippen LogP contribution in [0.4, 0.5) is 4.39 Å². The fourth-order valence-electron chi connectivity index (χ4n) is 2.91. The topological polar surface area (TPSA) is 47.6 Å². The van der Waals surface area contributed by atoms with Crippen LogP contribution in [0.25, 0.3) is 0 Å². The Balaban J connectivity index is 1.61. The highest BCUT2D eigenvalue weighted by atomic mass is 19.1. The first-order valence-electron chi connectivity index (χ1n) is 7.02. The lowest BCUT2D eigenvalue weighted by molar-refractivity contribution is -0.157. The van der Waals surface area contributed by atoms with Crippen LogP contribution in [0.2, 0.25) is 0 Å². The fraction of sp³-hybridized carbons (Fsp3) is 0.533. The lowest BCUT2D eigenvalue weighted by Crippen LogP contribution is -2.49. The highest BCUT2D eigenvalue weighted by molar-refractivity contribution is 5.94. The summed E-state index contributed by atoms with van der Waals surface area (Å²) >= 11 is 0. The van der Waals surface area contributed by atoms with E-state index in [4.69, 9.17) is 9.47 Å². The van der Waals surface area contributed by atoms with Crippen molar-refractivity contribution < 1.29 is 18.7 Å². The van der Waals surface area contributed by atoms with Gasteiger partial charge >= 0.3 is 0 Å². The van der Waals surface area contributed by atoms with E-state index in [9.17, 15) is 9.18 Å². The van der Waals surface area contributed by atoms with Gasteiger partial charge in [-0.2, -0.15) is 0 Å². The van der Waals surface area contributed by atoms with Gasteiger partial charge in [0.25, 0.3) is 5.91 Å². The molecule has 1 aromatic rings. The largest absolute Gasteiger partial charge is 0.373 e. The number of benzene rings is 1. The average molecular weight is 279 g/mol. The minimum atomic E-state index is -0.490. The number of fused-ring (bicyclic) bond motifs is 1. The number of halogens is 1. The van der Waals surface area contributed by atoms with Crippen LogP contribution < -0.4 is 5.32 Å². The third-order valence-electron chi connectivity index (χ3n) is 3.93. The van der Waals surface area contributed by atoms with Gasteiger partial charge in [-0.05, 0) is 31.4 Å². The molecule has 1 aliphatic heterocycles. The molecule has 1 saturated carbocycles. The number of carbonyl (C=O) groups is 1. The minimum Gasteiger partial charge on any atom is -0.373 e. The van der Waals surface area contributed by atoms with Gasteiger partial charge in [-0.15, -0.1) is 0 Å². The molecule has 0 aromatic heterocycles. The molecule has 1 amide bonds. The van der Waals surface area contributed by atoms with E-state index >= 15 is 0 Å². The van der Waals surface area contributed by atoms with Gasteiger partial charge in [-0.1, -0.05) is 12.1 Å². The predicted molar refractivity (Wildman–Crippen MR) is 71.0 cm³/mol. The van der Waals surface area contributed by atoms with Gasteiger partial charge < -0.3 is 14.8 Å². The Morgan fingerprint density at radius 3 is 2.70 bits per heavy atom. The molecule has 108 valence electrons. The normalized spacial score (nSPS) is 29.6. The first-order valence-corrected chi connectivity index (χ1v) is 7.02. The maximum atomic E-state index is 13.6. The third-order valence-corrected chi connectivity index (χ3v) is 3.93. The number of hydrogen-bond donors (Lipinski definition) is 1. The van der Waals surface area contributed by atoms with Gasteiger partial charge in [0.1, 0.15) is 5.82 Å². The van der Waals surface area contributed by atoms with Crippen LogP contribution >= 0.6 is 0 Å². The van der Waals surface area contributed by atoms with Gasteiger partial charge in [0.05, 0.1) is 31.0 Å². The van der Waals surface area contributed by atoms with Crippen LogP contribution in [-0.2, 0) is 9.47 Å². The standard InChI is InChI=1S/C15H18FNO3/c16-12-4-2-1-3-11(12)15(18)17-10-5-6-13-14(9-10)20-8-7-19-13/h1-4,10,13-14H,5-9H2,(H,17,18). The highest BCUT2D eigenvalue weighted by Crippen LogP contribution is 2.27. The molecule has 1 aromatic carbocycles. The first kappa shape index (κ1) is 13.5. The molecule has 3 unspecified atom stereocenters. The van der Waals surface area contributed by atoms with E-state index in [-0.39, 0.29) is 29.7 Å². The number of rotatable bonds is 2. The van der Waals surface area contributed by atoms with Crippen LogP contribution in [0.3, 0.4) is 0 Å². The van der Waals surface area contributed by atoms with Crippen molar-refractivity contribution in [2.75, 3.05) is 13.2 Å². The molecule has 2 aliphatic rings. The van der Waals surface area contributed by atoms with Gasteiger partial charge in [0.2, 0.25) is 0 Å². The Bertz CT molecular complexity index is 494. The van der Waals surface area contributed by atoms with Crippen molar-refractivity contribution in [3.8, 4) is 0 Å². The summed E-state index contributed by atoms with van der Waals surface area (Å²) in [5, 5.41) is 2.89. The number of amides is 1. The Kier molecular flexibility index (Phi) is 3.98. The smallest absolute Gasteiger partial charge is 0.254 e. The monoisotopic (exact) mass is 279 g/mol. The number of hydrogen-bond acceptors (Lipinski definition) is 3. The molecule has 1 saturated heterocycles. The van der Waals surface area contributed by atoms with Crippen molar-refractivity contribution in [2.45, 2.75) is 37.5 Å². The molecule has 3 atom stereocenters. The van der Waals surface area contributed by atoms with Crippen molar-refractivity contribution >= 4 is 5.91 Å². The molecular weight excluding hydrogens is 261 g/mol. The van der Waals surface area contributed by atoms with Gasteiger partial charge in [-0.3, -0.25) is 4.79 Å². The van der Waals surface area contributed by atoms with E-state index in [0.29, 0.717) is 13.2 Å². The second-order valence-corrected chi connectivity index (χ2v) is 5.28. The van der Waals surface area contributed by atoms with E-state index in [2.05, 4.69) is 5.32 Å². The summed E-state index contributed by atoms with van der Waals surface area (Å²) < 4.78 is 24.9. The van der Waals surface area contributed by atoms with Crippen molar-refractivity contribution in [1.82, 2.24) is 5.32 Å². The molecule has 1 N–H and O–H groups in total. The van der Waals surface area contributed by atoms with E-state index in [1.54, 1.807) is 12.1 Å². The van der Waals surface area contributed by atoms with Crippen molar-refractivity contribution in [1.29, 1.82) is 0 Å². The quantitative estimate of drug-likeness (QED) is 0.899. The van der Waals surface area contributed by atoms with E-state index < -0.39 is 5.82 Å². The molecule has 1 aliphatic carbocycles. The maximum absolute atomic E-state index is 13.6. The summed E-state index contributed by atoms with van der Waals surface area (Å²) in [6.45, 7) is 1.25. The second kappa shape index (κ2) is 5.89. The van der Waals surface area contributed by atoms with Crippen LogP contribution in [0.5, 0.6) is 0 Å². The third kappa shape index (κ3) is 2.83. The van der Waals surface area contributed by atoms with E-state index in [0.717, 1.165) is 19.3 Å². The van der Waals surface area contributed by atoms with Gasteiger partial charge in [0.15, 0.2) is 0 Å². The van der Waals surface area contributed by atoms with Gasteiger partial charge in [-0.25, -0.2) is 4.39 Å². The maximum Gasteiger partial charge on any atom is 0.254 e. The molecule has 0 bridgehead atoms. The Hall–Kier alpha value is -1.46. The SMILES string of the molecule is O=C(NC1CCC2OCCOC2C1)c1ccccc1F. The molecule has 1 heterocycles. The second-order valence-electron chi connectivity index (χ2n) is 5.28. The average Bonchev–Trinajstić information content (AvgIpc) is 2.47. The lowest BCUT2D eigenvalue weighted by atomic mass is 9.89. The molecule has 0 radical (unpaired) electrons. The Morgan fingerprint density at radius 2 is 1.90 bits per heavy atom. The van der Waals surface area contributed by atoms with Crippen LogP contribution in [0.15, 0.2) is 24.3 Å². The summed E-state index contributed by atoms with van der Waals surface area (Å²) in [6.07, 6.45) is 2.62. The Morgan fingerprint density at radius 1 is 1.15 bits per heavy atom. The molecule has 0 spiro atoms. The summed E-state index contributed by atoms with van der Waals surface area (Å²) in [7, 11) is 0. The zero-order chi connectivity index (χ0) is 13.9. The highest BCUT2D eigenvalue weighted by Gasteiger charge is 2.34. The van der Waals surface area contributed by atoms with Crippen molar-refractivity contribution in [2.24, 2.45) is 0 Å². The first-order chi connectivity index (χ1) is 9.74.